The average Bonchev–Trinajstić information content (AvgIpc) is 2.99. The molecule has 1 unspecified atom stereocenters. The summed E-state index contributed by atoms with van der Waals surface area (Å²) in [6, 6.07) is 8.34. The number of aliphatic hydroxyl groups is 1. The van der Waals surface area contributed by atoms with Crippen LogP contribution in [0.4, 0.5) is 0 Å². The fraction of sp³-hybridized carbons (Fsp3) is 0.286. The van der Waals surface area contributed by atoms with Gasteiger partial charge in [0.1, 0.15) is 0 Å². The number of benzene rings is 1. The van der Waals surface area contributed by atoms with E-state index in [0.29, 0.717) is 10.0 Å². The molecule has 1 atom stereocenters. The Morgan fingerprint density at radius 2 is 2.10 bits per heavy atom. The third-order valence-corrected chi connectivity index (χ3v) is 7.28. The van der Waals surface area contributed by atoms with Gasteiger partial charge in [0.05, 0.1) is 17.5 Å². The molecule has 7 heteroatoms. The van der Waals surface area contributed by atoms with Crippen molar-refractivity contribution in [2.45, 2.75) is 24.5 Å². The predicted molar refractivity (Wildman–Crippen MR) is 87.7 cm³/mol. The molecule has 114 valence electrons. The van der Waals surface area contributed by atoms with Crippen molar-refractivity contribution in [3.05, 3.63) is 50.6 Å². The van der Waals surface area contributed by atoms with Crippen LogP contribution in [0.25, 0.3) is 0 Å². The molecule has 0 saturated carbocycles. The highest BCUT2D eigenvalue weighted by Crippen LogP contribution is 2.31. The van der Waals surface area contributed by atoms with Crippen LogP contribution in [0.2, 0.25) is 0 Å². The van der Waals surface area contributed by atoms with E-state index in [1.54, 1.807) is 19.2 Å². The minimum atomic E-state index is -3.61. The molecule has 0 aliphatic carbocycles. The van der Waals surface area contributed by atoms with E-state index in [2.05, 4.69) is 15.9 Å². The maximum Gasteiger partial charge on any atom is 0.244 e. The Labute approximate surface area is 137 Å². The lowest BCUT2D eigenvalue weighted by atomic mass is 10.2. The second kappa shape index (κ2) is 6.58. The average molecular weight is 390 g/mol. The van der Waals surface area contributed by atoms with Gasteiger partial charge in [-0.25, -0.2) is 8.42 Å². The first-order valence-corrected chi connectivity index (χ1v) is 9.40. The molecule has 0 saturated heterocycles. The maximum atomic E-state index is 12.7. The fourth-order valence-electron chi connectivity index (χ4n) is 1.92. The summed E-state index contributed by atoms with van der Waals surface area (Å²) in [5.74, 6) is 0. The standard InChI is InChI=1S/C14H16BrNO3S2/c1-10(13-4-3-7-20-13)16(2)21(18,19)14-6-5-11(9-17)8-12(14)15/h3-8,10,17H,9H2,1-2H3. The maximum absolute atomic E-state index is 12.7. The van der Waals surface area contributed by atoms with Crippen LogP contribution in [-0.4, -0.2) is 24.9 Å². The van der Waals surface area contributed by atoms with Crippen molar-refractivity contribution in [3.63, 3.8) is 0 Å². The molecular formula is C14H16BrNO3S2. The predicted octanol–water partition coefficient (Wildman–Crippen LogP) is 3.38. The Kier molecular flexibility index (Phi) is 5.21. The number of halogens is 1. The monoisotopic (exact) mass is 389 g/mol. The first-order chi connectivity index (χ1) is 9.87. The molecule has 1 heterocycles. The van der Waals surface area contributed by atoms with Crippen molar-refractivity contribution in [3.8, 4) is 0 Å². The van der Waals surface area contributed by atoms with Gasteiger partial charge in [0.15, 0.2) is 0 Å². The summed E-state index contributed by atoms with van der Waals surface area (Å²) in [5.41, 5.74) is 0.662. The molecule has 2 rings (SSSR count). The summed E-state index contributed by atoms with van der Waals surface area (Å²) in [4.78, 5) is 1.19. The van der Waals surface area contributed by atoms with E-state index in [-0.39, 0.29) is 17.5 Å². The van der Waals surface area contributed by atoms with E-state index in [9.17, 15) is 8.42 Å². The van der Waals surface area contributed by atoms with Gasteiger partial charge in [-0.2, -0.15) is 4.31 Å². The SMILES string of the molecule is CC(c1cccs1)N(C)S(=O)(=O)c1ccc(CO)cc1Br. The fourth-order valence-corrected chi connectivity index (χ4v) is 5.24. The Hall–Kier alpha value is -0.730. The first kappa shape index (κ1) is 16.6. The number of nitrogens with zero attached hydrogens (tertiary/aromatic N) is 1. The van der Waals surface area contributed by atoms with Crippen LogP contribution in [0.3, 0.4) is 0 Å². The van der Waals surface area contributed by atoms with Gasteiger partial charge in [-0.3, -0.25) is 0 Å². The summed E-state index contributed by atoms with van der Waals surface area (Å²) < 4.78 is 27.3. The van der Waals surface area contributed by atoms with Crippen LogP contribution >= 0.6 is 27.3 Å². The number of aliphatic hydroxyl groups excluding tert-OH is 1. The zero-order valence-corrected chi connectivity index (χ0v) is 14.9. The zero-order chi connectivity index (χ0) is 15.6. The first-order valence-electron chi connectivity index (χ1n) is 6.28. The largest absolute Gasteiger partial charge is 0.392 e. The van der Waals surface area contributed by atoms with E-state index in [1.807, 2.05) is 24.4 Å². The quantitative estimate of drug-likeness (QED) is 0.852. The van der Waals surface area contributed by atoms with Gasteiger partial charge < -0.3 is 5.11 Å². The van der Waals surface area contributed by atoms with Gasteiger partial charge in [0, 0.05) is 16.4 Å². The number of hydrogen-bond acceptors (Lipinski definition) is 4. The highest BCUT2D eigenvalue weighted by atomic mass is 79.9. The third-order valence-electron chi connectivity index (χ3n) is 3.34. The Bertz CT molecular complexity index is 714. The zero-order valence-electron chi connectivity index (χ0n) is 11.7. The normalized spacial score (nSPS) is 13.6. The molecule has 1 aromatic carbocycles. The summed E-state index contributed by atoms with van der Waals surface area (Å²) in [6.07, 6.45) is 0. The topological polar surface area (TPSA) is 57.6 Å². The number of hydrogen-bond donors (Lipinski definition) is 1. The molecule has 0 amide bonds. The van der Waals surface area contributed by atoms with E-state index in [1.165, 1.54) is 21.7 Å². The van der Waals surface area contributed by atoms with Gasteiger partial charge in [0.25, 0.3) is 0 Å². The van der Waals surface area contributed by atoms with Crippen molar-refractivity contribution in [2.75, 3.05) is 7.05 Å². The molecule has 0 radical (unpaired) electrons. The highest BCUT2D eigenvalue weighted by molar-refractivity contribution is 9.10. The van der Waals surface area contributed by atoms with Gasteiger partial charge in [-0.05, 0) is 52.0 Å². The van der Waals surface area contributed by atoms with Crippen molar-refractivity contribution < 1.29 is 13.5 Å². The molecule has 0 fully saturated rings. The molecular weight excluding hydrogens is 374 g/mol. The van der Waals surface area contributed by atoms with E-state index < -0.39 is 10.0 Å². The molecule has 0 aliphatic heterocycles. The molecule has 0 spiro atoms. The van der Waals surface area contributed by atoms with Crippen LogP contribution in [0.1, 0.15) is 23.4 Å². The minimum Gasteiger partial charge on any atom is -0.392 e. The Balaban J connectivity index is 2.37. The lowest BCUT2D eigenvalue weighted by molar-refractivity contribution is 0.281. The molecule has 4 nitrogen and oxygen atoms in total. The molecule has 0 bridgehead atoms. The van der Waals surface area contributed by atoms with E-state index in [0.717, 1.165) is 4.88 Å². The van der Waals surface area contributed by atoms with Gasteiger partial charge >= 0.3 is 0 Å². The van der Waals surface area contributed by atoms with Crippen LogP contribution in [0.5, 0.6) is 0 Å². The Morgan fingerprint density at radius 3 is 2.62 bits per heavy atom. The van der Waals surface area contributed by atoms with Crippen LogP contribution in [0, 0.1) is 0 Å². The summed E-state index contributed by atoms with van der Waals surface area (Å²) in [7, 11) is -2.03. The highest BCUT2D eigenvalue weighted by Gasteiger charge is 2.28. The minimum absolute atomic E-state index is 0.125. The second-order valence-electron chi connectivity index (χ2n) is 4.64. The Morgan fingerprint density at radius 1 is 1.38 bits per heavy atom. The van der Waals surface area contributed by atoms with Gasteiger partial charge in [0.2, 0.25) is 10.0 Å². The van der Waals surface area contributed by atoms with Crippen molar-refractivity contribution >= 4 is 37.3 Å². The lowest BCUT2D eigenvalue weighted by Gasteiger charge is -2.24. The smallest absolute Gasteiger partial charge is 0.244 e. The molecule has 0 aliphatic rings. The molecule has 1 N–H and O–H groups in total. The van der Waals surface area contributed by atoms with Crippen molar-refractivity contribution in [1.29, 1.82) is 0 Å². The lowest BCUT2D eigenvalue weighted by Crippen LogP contribution is -2.29. The van der Waals surface area contributed by atoms with Crippen LogP contribution in [-0.2, 0) is 16.6 Å². The van der Waals surface area contributed by atoms with E-state index in [4.69, 9.17) is 5.11 Å². The number of rotatable bonds is 5. The van der Waals surface area contributed by atoms with Crippen LogP contribution in [0.15, 0.2) is 45.1 Å². The second-order valence-corrected chi connectivity index (χ2v) is 8.44. The molecule has 21 heavy (non-hydrogen) atoms. The van der Waals surface area contributed by atoms with Gasteiger partial charge in [-0.15, -0.1) is 11.3 Å². The molecule has 1 aromatic heterocycles. The van der Waals surface area contributed by atoms with Gasteiger partial charge in [-0.1, -0.05) is 12.1 Å². The third kappa shape index (κ3) is 3.37. The van der Waals surface area contributed by atoms with Crippen molar-refractivity contribution in [2.24, 2.45) is 0 Å². The summed E-state index contributed by atoms with van der Waals surface area (Å²) >= 11 is 4.81. The number of sulfonamides is 1. The van der Waals surface area contributed by atoms with E-state index >= 15 is 0 Å². The number of thiophene rings is 1. The summed E-state index contributed by atoms with van der Waals surface area (Å²) in [6.45, 7) is 1.74. The van der Waals surface area contributed by atoms with Crippen LogP contribution < -0.4 is 0 Å². The molecule has 2 aromatic rings. The summed E-state index contributed by atoms with van der Waals surface area (Å²) in [5, 5.41) is 11.0. The van der Waals surface area contributed by atoms with Crippen molar-refractivity contribution in [1.82, 2.24) is 4.31 Å².